The van der Waals surface area contributed by atoms with E-state index in [1.54, 1.807) is 24.3 Å². The summed E-state index contributed by atoms with van der Waals surface area (Å²) in [4.78, 5) is 12.2. The summed E-state index contributed by atoms with van der Waals surface area (Å²) in [5, 5.41) is 107. The molecule has 12 nitrogen and oxygen atoms in total. The third kappa shape index (κ3) is 13.1. The van der Waals surface area contributed by atoms with Gasteiger partial charge < -0.3 is 56.6 Å². The van der Waals surface area contributed by atoms with Crippen LogP contribution in [0.2, 0.25) is 0 Å². The van der Waals surface area contributed by atoms with Crippen molar-refractivity contribution >= 4 is 5.97 Å². The van der Waals surface area contributed by atoms with E-state index in [2.05, 4.69) is 22.5 Å². The first-order chi connectivity index (χ1) is 30.6. The lowest BCUT2D eigenvalue weighted by atomic mass is 9.63. The average molecular weight is 889 g/mol. The van der Waals surface area contributed by atoms with Crippen molar-refractivity contribution in [2.24, 2.45) is 11.8 Å². The summed E-state index contributed by atoms with van der Waals surface area (Å²) < 4.78 is 0. The van der Waals surface area contributed by atoms with Crippen LogP contribution in [0.1, 0.15) is 134 Å². The van der Waals surface area contributed by atoms with Crippen LogP contribution in [-0.2, 0) is 16.6 Å². The fourth-order valence-corrected chi connectivity index (χ4v) is 10.8. The van der Waals surface area contributed by atoms with Crippen molar-refractivity contribution in [3.05, 3.63) is 88.5 Å². The number of unbranched alkanes of at least 4 members (excludes halogenated alkanes) is 1. The Bertz CT molecular complexity index is 1900. The van der Waals surface area contributed by atoms with Crippen molar-refractivity contribution < 1.29 is 50.8 Å². The molecule has 2 aliphatic heterocycles. The SMILES string of the molecule is CCCCC(O)C(O)C=CC1=C(CC(O)CO)C(CCC(O)C2NC(C)CCC(CO)C2CC(=O)O)NC(C(C)(O)C2(c3ccc(O)cc3)CCCC2)CC#Cc2ccccc2CC1. The summed E-state index contributed by atoms with van der Waals surface area (Å²) in [6.45, 7) is 5.12. The van der Waals surface area contributed by atoms with Gasteiger partial charge in [-0.25, -0.2) is 0 Å². The van der Waals surface area contributed by atoms with E-state index in [-0.39, 0.29) is 56.4 Å². The van der Waals surface area contributed by atoms with Crippen LogP contribution in [0.5, 0.6) is 5.75 Å². The highest BCUT2D eigenvalue weighted by molar-refractivity contribution is 5.67. The number of aryl methyl sites for hydroxylation is 1. The maximum Gasteiger partial charge on any atom is 0.303 e. The number of benzene rings is 2. The van der Waals surface area contributed by atoms with Gasteiger partial charge in [0.05, 0.1) is 43.0 Å². The van der Waals surface area contributed by atoms with Crippen LogP contribution in [0, 0.1) is 23.7 Å². The number of aliphatic hydroxyl groups excluding tert-OH is 6. The van der Waals surface area contributed by atoms with Crippen LogP contribution in [0.25, 0.3) is 0 Å². The number of hydrogen-bond acceptors (Lipinski definition) is 11. The second-order valence-corrected chi connectivity index (χ2v) is 19.1. The first-order valence-electron chi connectivity index (χ1n) is 23.8. The summed E-state index contributed by atoms with van der Waals surface area (Å²) in [5.41, 5.74) is 1.99. The lowest BCUT2D eigenvalue weighted by Crippen LogP contribution is -2.62. The van der Waals surface area contributed by atoms with E-state index < -0.39 is 72.1 Å². The van der Waals surface area contributed by atoms with Crippen LogP contribution < -0.4 is 10.6 Å². The molecule has 12 heteroatoms. The molecule has 2 fully saturated rings. The van der Waals surface area contributed by atoms with E-state index in [1.807, 2.05) is 57.2 Å². The Morgan fingerprint density at radius 2 is 1.70 bits per heavy atom. The van der Waals surface area contributed by atoms with Crippen molar-refractivity contribution in [3.63, 3.8) is 0 Å². The fourth-order valence-electron chi connectivity index (χ4n) is 10.8. The molecule has 0 aromatic heterocycles. The quantitative estimate of drug-likeness (QED) is 0.0824. The Labute approximate surface area is 380 Å². The van der Waals surface area contributed by atoms with Crippen LogP contribution in [0.4, 0.5) is 0 Å². The van der Waals surface area contributed by atoms with E-state index in [1.165, 1.54) is 0 Å². The maximum absolute atomic E-state index is 13.3. The van der Waals surface area contributed by atoms with Crippen LogP contribution >= 0.6 is 0 Å². The molecule has 354 valence electrons. The molecule has 64 heavy (non-hydrogen) atoms. The molecular formula is C52H76N2O10. The predicted molar refractivity (Wildman–Crippen MR) is 248 cm³/mol. The van der Waals surface area contributed by atoms with Gasteiger partial charge in [0.1, 0.15) is 5.75 Å². The van der Waals surface area contributed by atoms with Crippen LogP contribution in [0.15, 0.2) is 71.8 Å². The number of carbonyl (C=O) groups is 1. The molecule has 5 rings (SSSR count). The highest BCUT2D eigenvalue weighted by Gasteiger charge is 2.54. The standard InChI is InChI=1S/C52H76N2O10/c1-4-5-14-45(59)46(60)26-20-37-19-18-36-12-7-6-11-35(36)13-10-15-48(51(3,64)52(28-8-9-29-52)39-21-23-40(57)24-22-39)54-44(42(37)30-41(58)33-56)25-27-47(61)50-43(31-49(62)63)38(32-55)17-16-34(2)53-50/h6-7,11-12,20-24,26,34,38,41,43-48,50,53-61,64H,4-5,8-9,14-19,25,27-33H2,1-3H3,(H,62,63). The van der Waals surface area contributed by atoms with Gasteiger partial charge in [-0.05, 0) is 130 Å². The number of rotatable bonds is 19. The number of carboxylic acid groups (broad SMARTS) is 1. The van der Waals surface area contributed by atoms with Gasteiger partial charge in [-0.1, -0.05) is 86.9 Å². The largest absolute Gasteiger partial charge is 0.508 e. The number of aliphatic carboxylic acids is 1. The topological polar surface area (TPSA) is 223 Å². The number of aromatic hydroxyl groups is 1. The smallest absolute Gasteiger partial charge is 0.303 e. The zero-order valence-electron chi connectivity index (χ0n) is 38.2. The van der Waals surface area contributed by atoms with Gasteiger partial charge in [0.2, 0.25) is 0 Å². The summed E-state index contributed by atoms with van der Waals surface area (Å²) in [6, 6.07) is 12.9. The van der Waals surface area contributed by atoms with Gasteiger partial charge >= 0.3 is 5.97 Å². The number of hydrogen-bond donors (Lipinski definition) is 11. The molecule has 1 saturated heterocycles. The second-order valence-electron chi connectivity index (χ2n) is 19.1. The third-order valence-corrected chi connectivity index (χ3v) is 14.7. The van der Waals surface area contributed by atoms with Gasteiger partial charge in [0.25, 0.3) is 0 Å². The number of phenols is 1. The van der Waals surface area contributed by atoms with Gasteiger partial charge in [-0.15, -0.1) is 0 Å². The Kier molecular flexibility index (Phi) is 19.5. The Balaban J connectivity index is 1.69. The summed E-state index contributed by atoms with van der Waals surface area (Å²) in [7, 11) is 0. The van der Waals surface area contributed by atoms with Gasteiger partial charge in [0, 0.05) is 48.2 Å². The van der Waals surface area contributed by atoms with E-state index >= 15 is 0 Å². The third-order valence-electron chi connectivity index (χ3n) is 14.7. The van der Waals surface area contributed by atoms with E-state index in [9.17, 15) is 50.8 Å². The molecule has 2 aromatic rings. The molecule has 1 saturated carbocycles. The predicted octanol–water partition coefficient (Wildman–Crippen LogP) is 5.16. The minimum Gasteiger partial charge on any atom is -0.508 e. The lowest BCUT2D eigenvalue weighted by Gasteiger charge is -2.49. The molecule has 1 aliphatic carbocycles. The highest BCUT2D eigenvalue weighted by Crippen LogP contribution is 2.51. The number of phenolic OH excluding ortho intramolecular Hbond substituents is 1. The van der Waals surface area contributed by atoms with Crippen molar-refractivity contribution in [2.45, 2.75) is 183 Å². The highest BCUT2D eigenvalue weighted by atomic mass is 16.4. The average Bonchev–Trinajstić information content (AvgIpc) is 3.73. The minimum atomic E-state index is -1.45. The van der Waals surface area contributed by atoms with Crippen molar-refractivity contribution in [1.82, 2.24) is 10.6 Å². The number of allylic oxidation sites excluding steroid dienone is 2. The van der Waals surface area contributed by atoms with Crippen LogP contribution in [-0.4, -0.2) is 119 Å². The molecule has 11 atom stereocenters. The van der Waals surface area contributed by atoms with Crippen molar-refractivity contribution in [2.75, 3.05) is 13.2 Å². The second kappa shape index (κ2) is 24.2. The van der Waals surface area contributed by atoms with Gasteiger partial charge in [0.15, 0.2) is 0 Å². The summed E-state index contributed by atoms with van der Waals surface area (Å²) in [5.74, 6) is 5.05. The molecule has 0 amide bonds. The lowest BCUT2D eigenvalue weighted by molar-refractivity contribution is -0.139. The molecular weight excluding hydrogens is 813 g/mol. The normalized spacial score (nSPS) is 27.2. The maximum atomic E-state index is 13.3. The Morgan fingerprint density at radius 1 is 0.984 bits per heavy atom. The number of carboxylic acids is 1. The molecule has 3 aliphatic rings. The van der Waals surface area contributed by atoms with E-state index in [0.29, 0.717) is 50.5 Å². The molecule has 2 aromatic carbocycles. The van der Waals surface area contributed by atoms with Crippen LogP contribution in [0.3, 0.4) is 0 Å². The number of aliphatic hydroxyl groups is 7. The molecule has 0 radical (unpaired) electrons. The monoisotopic (exact) mass is 889 g/mol. The number of fused-ring (bicyclic) bond motifs is 1. The zero-order valence-corrected chi connectivity index (χ0v) is 38.2. The Morgan fingerprint density at radius 3 is 2.38 bits per heavy atom. The summed E-state index contributed by atoms with van der Waals surface area (Å²) in [6.07, 6.45) is 6.83. The molecule has 11 unspecified atom stereocenters. The van der Waals surface area contributed by atoms with Crippen molar-refractivity contribution in [3.8, 4) is 17.6 Å². The Hall–Kier alpha value is -3.61. The molecule has 0 spiro atoms. The fraction of sp³-hybridized carbons (Fsp3) is 0.635. The first kappa shape index (κ1) is 51.4. The molecule has 11 N–H and O–H groups in total. The zero-order chi connectivity index (χ0) is 46.4. The van der Waals surface area contributed by atoms with Gasteiger partial charge in [-0.2, -0.15) is 0 Å². The first-order valence-corrected chi connectivity index (χ1v) is 23.8. The van der Waals surface area contributed by atoms with E-state index in [4.69, 9.17) is 0 Å². The van der Waals surface area contributed by atoms with Gasteiger partial charge in [-0.3, -0.25) is 4.79 Å². The van der Waals surface area contributed by atoms with Crippen molar-refractivity contribution in [1.29, 1.82) is 0 Å². The summed E-state index contributed by atoms with van der Waals surface area (Å²) >= 11 is 0. The molecule has 0 bridgehead atoms. The number of nitrogens with one attached hydrogen (secondary N) is 2. The minimum absolute atomic E-state index is 0.0106. The molecule has 2 heterocycles. The van der Waals surface area contributed by atoms with E-state index in [0.717, 1.165) is 47.9 Å².